The Morgan fingerprint density at radius 3 is 2.60 bits per heavy atom. The molecule has 0 aliphatic rings. The second kappa shape index (κ2) is 7.44. The first-order valence-corrected chi connectivity index (χ1v) is 8.91. The molecule has 0 spiro atoms. The number of hydrogen-bond donors (Lipinski definition) is 2. The van der Waals surface area contributed by atoms with Gasteiger partial charge in [-0.15, -0.1) is 0 Å². The van der Waals surface area contributed by atoms with E-state index >= 15 is 0 Å². The fourth-order valence-corrected chi connectivity index (χ4v) is 3.32. The van der Waals surface area contributed by atoms with Gasteiger partial charge in [-0.1, -0.05) is 42.0 Å². The molecule has 25 heavy (non-hydrogen) atoms. The third-order valence-corrected chi connectivity index (χ3v) is 4.76. The highest BCUT2D eigenvalue weighted by Gasteiger charge is 2.10. The van der Waals surface area contributed by atoms with Crippen LogP contribution in [0.2, 0.25) is 0 Å². The summed E-state index contributed by atoms with van der Waals surface area (Å²) in [6.07, 6.45) is 0.959. The Bertz CT molecular complexity index is 916. The van der Waals surface area contributed by atoms with Crippen molar-refractivity contribution in [3.05, 3.63) is 59.2 Å². The number of benzene rings is 2. The zero-order valence-corrected chi connectivity index (χ0v) is 14.9. The van der Waals surface area contributed by atoms with Crippen LogP contribution in [0.3, 0.4) is 0 Å². The van der Waals surface area contributed by atoms with Crippen LogP contribution in [0.25, 0.3) is 10.2 Å². The lowest BCUT2D eigenvalue weighted by Gasteiger charge is -2.05. The molecule has 2 N–H and O–H groups in total. The van der Waals surface area contributed by atoms with E-state index in [1.165, 1.54) is 16.9 Å². The van der Waals surface area contributed by atoms with Gasteiger partial charge in [0.25, 0.3) is 5.91 Å². The van der Waals surface area contributed by atoms with Crippen molar-refractivity contribution >= 4 is 38.5 Å². The highest BCUT2D eigenvalue weighted by atomic mass is 32.1. The quantitative estimate of drug-likeness (QED) is 0.737. The fraction of sp³-hybridized carbons (Fsp3) is 0.211. The second-order valence-electron chi connectivity index (χ2n) is 5.77. The van der Waals surface area contributed by atoms with Gasteiger partial charge in [-0.25, -0.2) is 4.98 Å². The van der Waals surface area contributed by atoms with Gasteiger partial charge in [0.05, 0.1) is 16.8 Å². The molecule has 6 heteroatoms. The van der Waals surface area contributed by atoms with Gasteiger partial charge in [0, 0.05) is 5.56 Å². The van der Waals surface area contributed by atoms with E-state index in [4.69, 9.17) is 0 Å². The summed E-state index contributed by atoms with van der Waals surface area (Å²) in [5.41, 5.74) is 3.71. The van der Waals surface area contributed by atoms with Crippen molar-refractivity contribution in [3.63, 3.8) is 0 Å². The Kier molecular flexibility index (Phi) is 5.09. The van der Waals surface area contributed by atoms with E-state index in [1.807, 2.05) is 31.2 Å². The minimum absolute atomic E-state index is 0.0944. The maximum atomic E-state index is 12.0. The molecule has 1 heterocycles. The minimum Gasteiger partial charge on any atom is -0.343 e. The molecule has 2 amide bonds. The minimum atomic E-state index is -0.296. The third kappa shape index (κ3) is 4.22. The Morgan fingerprint density at radius 2 is 1.88 bits per heavy atom. The normalized spacial score (nSPS) is 10.6. The first kappa shape index (κ1) is 17.1. The van der Waals surface area contributed by atoms with E-state index in [2.05, 4.69) is 28.6 Å². The molecule has 0 bridgehead atoms. The van der Waals surface area contributed by atoms with Crippen molar-refractivity contribution in [3.8, 4) is 0 Å². The van der Waals surface area contributed by atoms with Gasteiger partial charge < -0.3 is 10.6 Å². The summed E-state index contributed by atoms with van der Waals surface area (Å²) in [5, 5.41) is 5.89. The van der Waals surface area contributed by atoms with E-state index in [-0.39, 0.29) is 18.4 Å². The molecule has 128 valence electrons. The second-order valence-corrected chi connectivity index (χ2v) is 6.80. The molecule has 0 aliphatic heterocycles. The molecule has 0 atom stereocenters. The van der Waals surface area contributed by atoms with Gasteiger partial charge in [-0.05, 0) is 43.2 Å². The van der Waals surface area contributed by atoms with Crippen molar-refractivity contribution in [1.82, 2.24) is 10.3 Å². The van der Waals surface area contributed by atoms with E-state index in [1.54, 1.807) is 12.1 Å². The summed E-state index contributed by atoms with van der Waals surface area (Å²) in [5.74, 6) is -0.567. The van der Waals surface area contributed by atoms with E-state index in [0.29, 0.717) is 10.7 Å². The summed E-state index contributed by atoms with van der Waals surface area (Å²) in [6, 6.07) is 13.3. The predicted molar refractivity (Wildman–Crippen MR) is 101 cm³/mol. The molecule has 0 saturated carbocycles. The summed E-state index contributed by atoms with van der Waals surface area (Å²) in [7, 11) is 0. The Hall–Kier alpha value is -2.73. The first-order valence-electron chi connectivity index (χ1n) is 8.09. The Morgan fingerprint density at radius 1 is 1.12 bits per heavy atom. The fourth-order valence-electron chi connectivity index (χ4n) is 2.37. The van der Waals surface area contributed by atoms with Crippen LogP contribution in [-0.4, -0.2) is 23.3 Å². The largest absolute Gasteiger partial charge is 0.343 e. The smallest absolute Gasteiger partial charge is 0.251 e. The highest BCUT2D eigenvalue weighted by molar-refractivity contribution is 7.22. The summed E-state index contributed by atoms with van der Waals surface area (Å²) >= 11 is 1.43. The van der Waals surface area contributed by atoms with Crippen LogP contribution < -0.4 is 10.6 Å². The maximum absolute atomic E-state index is 12.0. The molecule has 2 aromatic carbocycles. The van der Waals surface area contributed by atoms with Crippen molar-refractivity contribution in [2.24, 2.45) is 0 Å². The van der Waals surface area contributed by atoms with E-state index in [0.717, 1.165) is 22.2 Å². The topological polar surface area (TPSA) is 71.1 Å². The van der Waals surface area contributed by atoms with Crippen molar-refractivity contribution in [2.45, 2.75) is 20.3 Å². The summed E-state index contributed by atoms with van der Waals surface area (Å²) in [6.45, 7) is 3.96. The number of rotatable bonds is 5. The van der Waals surface area contributed by atoms with Gasteiger partial charge in [-0.3, -0.25) is 9.59 Å². The van der Waals surface area contributed by atoms with Crippen LogP contribution in [0.5, 0.6) is 0 Å². The predicted octanol–water partition coefficient (Wildman–Crippen LogP) is 3.54. The number of hydrogen-bond acceptors (Lipinski definition) is 4. The van der Waals surface area contributed by atoms with Crippen LogP contribution in [0, 0.1) is 6.92 Å². The molecule has 1 aromatic heterocycles. The van der Waals surface area contributed by atoms with Gasteiger partial charge in [-0.2, -0.15) is 0 Å². The number of carbonyl (C=O) groups excluding carboxylic acids is 2. The molecule has 0 fully saturated rings. The maximum Gasteiger partial charge on any atom is 0.251 e. The average molecular weight is 353 g/mol. The number of fused-ring (bicyclic) bond motifs is 1. The number of aromatic nitrogens is 1. The van der Waals surface area contributed by atoms with E-state index in [9.17, 15) is 9.59 Å². The molecule has 3 rings (SSSR count). The molecule has 3 aromatic rings. The number of anilines is 1. The summed E-state index contributed by atoms with van der Waals surface area (Å²) in [4.78, 5) is 28.5. The Balaban J connectivity index is 1.58. The van der Waals surface area contributed by atoms with Crippen molar-refractivity contribution in [2.75, 3.05) is 11.9 Å². The molecular formula is C19H19N3O2S. The number of nitrogens with one attached hydrogen (secondary N) is 2. The zero-order valence-electron chi connectivity index (χ0n) is 14.1. The highest BCUT2D eigenvalue weighted by Crippen LogP contribution is 2.26. The number of thiazole rings is 1. The average Bonchev–Trinajstić information content (AvgIpc) is 3.01. The molecule has 0 unspecified atom stereocenters. The van der Waals surface area contributed by atoms with Crippen molar-refractivity contribution < 1.29 is 9.59 Å². The lowest BCUT2D eigenvalue weighted by Crippen LogP contribution is -2.32. The molecular weight excluding hydrogens is 334 g/mol. The van der Waals surface area contributed by atoms with Gasteiger partial charge >= 0.3 is 0 Å². The number of amides is 2. The van der Waals surface area contributed by atoms with Crippen LogP contribution in [-0.2, 0) is 11.2 Å². The third-order valence-electron chi connectivity index (χ3n) is 3.83. The SMILES string of the molecule is CCc1ccc2nc(NC(=O)CNC(=O)c3ccc(C)cc3)sc2c1. The van der Waals surface area contributed by atoms with E-state index < -0.39 is 0 Å². The van der Waals surface area contributed by atoms with Crippen LogP contribution in [0.4, 0.5) is 5.13 Å². The zero-order chi connectivity index (χ0) is 17.8. The summed E-state index contributed by atoms with van der Waals surface area (Å²) < 4.78 is 1.04. The first-order chi connectivity index (χ1) is 12.0. The van der Waals surface area contributed by atoms with Crippen LogP contribution in [0.1, 0.15) is 28.4 Å². The molecule has 0 saturated heterocycles. The number of nitrogens with zero attached hydrogens (tertiary/aromatic N) is 1. The lowest BCUT2D eigenvalue weighted by atomic mass is 10.1. The number of aryl methyl sites for hydroxylation is 2. The van der Waals surface area contributed by atoms with Gasteiger partial charge in [0.15, 0.2) is 5.13 Å². The standard InChI is InChI=1S/C19H19N3O2S/c1-3-13-6-9-15-16(10-13)25-19(21-15)22-17(23)11-20-18(24)14-7-4-12(2)5-8-14/h4-10H,3,11H2,1-2H3,(H,20,24)(H,21,22,23). The number of carbonyl (C=O) groups is 2. The Labute approximate surface area is 150 Å². The molecule has 0 aliphatic carbocycles. The molecule has 5 nitrogen and oxygen atoms in total. The van der Waals surface area contributed by atoms with Crippen LogP contribution >= 0.6 is 11.3 Å². The monoisotopic (exact) mass is 353 g/mol. The lowest BCUT2D eigenvalue weighted by molar-refractivity contribution is -0.115. The van der Waals surface area contributed by atoms with Gasteiger partial charge in [0.1, 0.15) is 0 Å². The van der Waals surface area contributed by atoms with Crippen molar-refractivity contribution in [1.29, 1.82) is 0 Å². The van der Waals surface area contributed by atoms with Crippen LogP contribution in [0.15, 0.2) is 42.5 Å². The molecule has 0 radical (unpaired) electrons. The van der Waals surface area contributed by atoms with Gasteiger partial charge in [0.2, 0.25) is 5.91 Å².